The van der Waals surface area contributed by atoms with Crippen molar-refractivity contribution in [2.75, 3.05) is 11.9 Å². The maximum atomic E-state index is 12.9. The summed E-state index contributed by atoms with van der Waals surface area (Å²) in [7, 11) is 0. The summed E-state index contributed by atoms with van der Waals surface area (Å²) in [4.78, 5) is 50.4. The average Bonchev–Trinajstić information content (AvgIpc) is 2.85. The predicted octanol–water partition coefficient (Wildman–Crippen LogP) is 2.45. The van der Waals surface area contributed by atoms with Gasteiger partial charge in [0, 0.05) is 5.69 Å². The second-order valence-electron chi connectivity index (χ2n) is 7.76. The van der Waals surface area contributed by atoms with E-state index in [1.807, 2.05) is 32.9 Å². The smallest absolute Gasteiger partial charge is 0.323 e. The quantitative estimate of drug-likeness (QED) is 0.694. The van der Waals surface area contributed by atoms with Crippen molar-refractivity contribution in [3.63, 3.8) is 0 Å². The van der Waals surface area contributed by atoms with Crippen molar-refractivity contribution in [2.24, 2.45) is 5.92 Å². The van der Waals surface area contributed by atoms with E-state index in [2.05, 4.69) is 16.0 Å². The van der Waals surface area contributed by atoms with Gasteiger partial charge in [0.25, 0.3) is 5.91 Å². The Bertz CT molecular complexity index is 837. The van der Waals surface area contributed by atoms with Gasteiger partial charge in [0.05, 0.1) is 0 Å². The molecule has 8 nitrogen and oxygen atoms in total. The standard InChI is InChI=1S/C20H26N4O4/c1-12-7-8-15(13(2)10-12)21-18(27)22-16(25)11-24-17(26)20(23-19(24)28)9-5-4-6-14(20)3/h7-8,10,14H,4-6,9,11H2,1-3H3,(H,23,28)(H2,21,22,25,27)/t14-,20+/m0/s1. The molecule has 150 valence electrons. The first-order valence-corrected chi connectivity index (χ1v) is 9.55. The summed E-state index contributed by atoms with van der Waals surface area (Å²) in [6.45, 7) is 5.25. The maximum Gasteiger partial charge on any atom is 0.325 e. The van der Waals surface area contributed by atoms with Crippen molar-refractivity contribution in [3.8, 4) is 0 Å². The van der Waals surface area contributed by atoms with E-state index in [0.29, 0.717) is 12.1 Å². The third-order valence-electron chi connectivity index (χ3n) is 5.69. The molecule has 1 aromatic rings. The number of hydrogen-bond donors (Lipinski definition) is 3. The number of benzene rings is 1. The van der Waals surface area contributed by atoms with Crippen LogP contribution in [0.1, 0.15) is 43.7 Å². The van der Waals surface area contributed by atoms with E-state index < -0.39 is 30.1 Å². The predicted molar refractivity (Wildman–Crippen MR) is 104 cm³/mol. The Balaban J connectivity index is 1.60. The summed E-state index contributed by atoms with van der Waals surface area (Å²) in [5.41, 5.74) is 1.59. The third-order valence-corrected chi connectivity index (χ3v) is 5.69. The lowest BCUT2D eigenvalue weighted by atomic mass is 9.73. The van der Waals surface area contributed by atoms with Gasteiger partial charge < -0.3 is 10.6 Å². The van der Waals surface area contributed by atoms with Crippen LogP contribution in [0.5, 0.6) is 0 Å². The topological polar surface area (TPSA) is 108 Å². The lowest BCUT2D eigenvalue weighted by molar-refractivity contribution is -0.137. The molecule has 1 aromatic carbocycles. The molecule has 1 saturated heterocycles. The first-order chi connectivity index (χ1) is 13.2. The minimum absolute atomic E-state index is 0.0126. The Labute approximate surface area is 164 Å². The Kier molecular flexibility index (Phi) is 5.40. The third kappa shape index (κ3) is 3.72. The summed E-state index contributed by atoms with van der Waals surface area (Å²) in [5.74, 6) is -1.08. The van der Waals surface area contributed by atoms with Crippen LogP contribution in [-0.4, -0.2) is 40.9 Å². The summed E-state index contributed by atoms with van der Waals surface area (Å²) in [6, 6.07) is 4.23. The highest BCUT2D eigenvalue weighted by Crippen LogP contribution is 2.38. The number of anilines is 1. The molecule has 6 amide bonds. The van der Waals surface area contributed by atoms with Gasteiger partial charge in [0.1, 0.15) is 12.1 Å². The fraction of sp³-hybridized carbons (Fsp3) is 0.500. The van der Waals surface area contributed by atoms with E-state index in [1.165, 1.54) is 0 Å². The lowest BCUT2D eigenvalue weighted by Gasteiger charge is -2.36. The number of aryl methyl sites for hydroxylation is 2. The molecule has 0 unspecified atom stereocenters. The van der Waals surface area contributed by atoms with Crippen LogP contribution in [0.3, 0.4) is 0 Å². The fourth-order valence-electron chi connectivity index (χ4n) is 4.06. The highest BCUT2D eigenvalue weighted by Gasteiger charge is 2.55. The summed E-state index contributed by atoms with van der Waals surface area (Å²) >= 11 is 0. The number of nitrogens with one attached hydrogen (secondary N) is 3. The second kappa shape index (κ2) is 7.61. The summed E-state index contributed by atoms with van der Waals surface area (Å²) < 4.78 is 0. The molecule has 1 saturated carbocycles. The SMILES string of the molecule is Cc1ccc(NC(=O)NC(=O)CN2C(=O)N[C@@]3(CCCC[C@@H]3C)C2=O)c(C)c1. The van der Waals surface area contributed by atoms with Gasteiger partial charge in [-0.3, -0.25) is 19.8 Å². The zero-order valence-corrected chi connectivity index (χ0v) is 16.4. The number of rotatable bonds is 3. The molecule has 3 rings (SSSR count). The van der Waals surface area contributed by atoms with Crippen molar-refractivity contribution < 1.29 is 19.2 Å². The minimum Gasteiger partial charge on any atom is -0.323 e. The van der Waals surface area contributed by atoms with Gasteiger partial charge in [-0.15, -0.1) is 0 Å². The van der Waals surface area contributed by atoms with Crippen LogP contribution in [0.25, 0.3) is 0 Å². The van der Waals surface area contributed by atoms with E-state index >= 15 is 0 Å². The fourth-order valence-corrected chi connectivity index (χ4v) is 4.06. The molecule has 0 bridgehead atoms. The van der Waals surface area contributed by atoms with E-state index in [9.17, 15) is 19.2 Å². The normalized spacial score (nSPS) is 24.2. The molecule has 1 spiro atoms. The molecular weight excluding hydrogens is 360 g/mol. The van der Waals surface area contributed by atoms with E-state index in [4.69, 9.17) is 0 Å². The molecule has 8 heteroatoms. The van der Waals surface area contributed by atoms with Crippen molar-refractivity contribution in [1.82, 2.24) is 15.5 Å². The first-order valence-electron chi connectivity index (χ1n) is 9.55. The number of amides is 6. The highest BCUT2D eigenvalue weighted by molar-refractivity contribution is 6.11. The lowest BCUT2D eigenvalue weighted by Crippen LogP contribution is -2.54. The number of hydrogen-bond acceptors (Lipinski definition) is 4. The number of carbonyl (C=O) groups excluding carboxylic acids is 4. The largest absolute Gasteiger partial charge is 0.325 e. The molecular formula is C20H26N4O4. The number of carbonyl (C=O) groups is 4. The zero-order valence-electron chi connectivity index (χ0n) is 16.4. The monoisotopic (exact) mass is 386 g/mol. The van der Waals surface area contributed by atoms with Crippen molar-refractivity contribution in [1.29, 1.82) is 0 Å². The molecule has 1 aliphatic carbocycles. The number of urea groups is 2. The van der Waals surface area contributed by atoms with Gasteiger partial charge in [-0.1, -0.05) is 37.5 Å². The minimum atomic E-state index is -0.920. The van der Waals surface area contributed by atoms with Gasteiger partial charge in [-0.05, 0) is 44.2 Å². The Morgan fingerprint density at radius 1 is 1.25 bits per heavy atom. The Hall–Kier alpha value is -2.90. The summed E-state index contributed by atoms with van der Waals surface area (Å²) in [5, 5.41) is 7.57. The Morgan fingerprint density at radius 3 is 2.68 bits per heavy atom. The van der Waals surface area contributed by atoms with E-state index in [-0.39, 0.29) is 11.8 Å². The first kappa shape index (κ1) is 19.9. The Morgan fingerprint density at radius 2 is 2.00 bits per heavy atom. The van der Waals surface area contributed by atoms with Gasteiger partial charge in [0.15, 0.2) is 0 Å². The van der Waals surface area contributed by atoms with Crippen LogP contribution in [0, 0.1) is 19.8 Å². The van der Waals surface area contributed by atoms with Gasteiger partial charge in [0.2, 0.25) is 5.91 Å². The van der Waals surface area contributed by atoms with Gasteiger partial charge >= 0.3 is 12.1 Å². The summed E-state index contributed by atoms with van der Waals surface area (Å²) in [6.07, 6.45) is 3.30. The number of nitrogens with zero attached hydrogens (tertiary/aromatic N) is 1. The highest BCUT2D eigenvalue weighted by atomic mass is 16.2. The molecule has 2 atom stereocenters. The van der Waals surface area contributed by atoms with Crippen LogP contribution >= 0.6 is 0 Å². The molecule has 1 heterocycles. The second-order valence-corrected chi connectivity index (χ2v) is 7.76. The van der Waals surface area contributed by atoms with Crippen molar-refractivity contribution >= 4 is 29.6 Å². The van der Waals surface area contributed by atoms with Crippen molar-refractivity contribution in [3.05, 3.63) is 29.3 Å². The molecule has 28 heavy (non-hydrogen) atoms. The van der Waals surface area contributed by atoms with Crippen LogP contribution in [0.4, 0.5) is 15.3 Å². The maximum absolute atomic E-state index is 12.9. The van der Waals surface area contributed by atoms with Crippen LogP contribution in [-0.2, 0) is 9.59 Å². The number of imide groups is 2. The molecule has 0 aromatic heterocycles. The van der Waals surface area contributed by atoms with Gasteiger partial charge in [-0.2, -0.15) is 0 Å². The average molecular weight is 386 g/mol. The van der Waals surface area contributed by atoms with Crippen LogP contribution in [0.2, 0.25) is 0 Å². The zero-order chi connectivity index (χ0) is 20.5. The van der Waals surface area contributed by atoms with E-state index in [0.717, 1.165) is 35.3 Å². The molecule has 1 aliphatic heterocycles. The van der Waals surface area contributed by atoms with Crippen LogP contribution in [0.15, 0.2) is 18.2 Å². The molecule has 0 radical (unpaired) electrons. The molecule has 2 fully saturated rings. The van der Waals surface area contributed by atoms with E-state index in [1.54, 1.807) is 6.07 Å². The molecule has 3 N–H and O–H groups in total. The van der Waals surface area contributed by atoms with Crippen molar-refractivity contribution in [2.45, 2.75) is 52.0 Å². The molecule has 2 aliphatic rings. The van der Waals surface area contributed by atoms with Gasteiger partial charge in [-0.25, -0.2) is 9.59 Å². The van der Waals surface area contributed by atoms with Crippen LogP contribution < -0.4 is 16.0 Å².